The van der Waals surface area contributed by atoms with Crippen LogP contribution in [0.3, 0.4) is 0 Å². The number of sulfonamides is 1. The second-order valence-corrected chi connectivity index (χ2v) is 7.43. The minimum absolute atomic E-state index is 0.0926. The van der Waals surface area contributed by atoms with E-state index >= 15 is 0 Å². The van der Waals surface area contributed by atoms with Crippen molar-refractivity contribution in [3.05, 3.63) is 52.4 Å². The number of aromatic nitrogens is 2. The van der Waals surface area contributed by atoms with Gasteiger partial charge in [0.2, 0.25) is 10.0 Å². The molecule has 7 nitrogen and oxygen atoms in total. The normalized spacial score (nSPS) is 14.5. The molecule has 1 aliphatic rings. The van der Waals surface area contributed by atoms with E-state index in [4.69, 9.17) is 4.74 Å². The maximum Gasteiger partial charge on any atom is 0.266 e. The Kier molecular flexibility index (Phi) is 4.68. The Morgan fingerprint density at radius 1 is 1.21 bits per heavy atom. The van der Waals surface area contributed by atoms with Crippen LogP contribution in [-0.4, -0.2) is 31.9 Å². The molecule has 3 rings (SSSR count). The molecule has 1 fully saturated rings. The fraction of sp³-hybridized carbons (Fsp3) is 0.375. The van der Waals surface area contributed by atoms with Gasteiger partial charge in [-0.15, -0.1) is 0 Å². The molecule has 1 aromatic heterocycles. The van der Waals surface area contributed by atoms with Gasteiger partial charge in [-0.25, -0.2) is 17.8 Å². The van der Waals surface area contributed by atoms with Crippen molar-refractivity contribution in [3.63, 3.8) is 0 Å². The average molecular weight is 349 g/mol. The predicted octanol–water partition coefficient (Wildman–Crippen LogP) is 1.11. The fourth-order valence-corrected chi connectivity index (χ4v) is 3.37. The number of nitrogens with zero attached hydrogens (tertiary/aromatic N) is 2. The van der Waals surface area contributed by atoms with Gasteiger partial charge in [-0.3, -0.25) is 4.79 Å². The van der Waals surface area contributed by atoms with Gasteiger partial charge in [0.15, 0.2) is 0 Å². The van der Waals surface area contributed by atoms with Gasteiger partial charge in [-0.05, 0) is 43.2 Å². The zero-order chi connectivity index (χ0) is 17.2. The van der Waals surface area contributed by atoms with Crippen molar-refractivity contribution in [2.45, 2.75) is 30.2 Å². The summed E-state index contributed by atoms with van der Waals surface area (Å²) in [5.74, 6) is 1.02. The standard InChI is InChI=1S/C16H19N3O4S/c1-23-13-4-6-14(7-5-13)24(21,22)17-10-11-19-16(20)9-8-15(18-19)12-2-3-12/h4-9,12,17H,2-3,10-11H2,1H3. The molecule has 1 aliphatic carbocycles. The lowest BCUT2D eigenvalue weighted by molar-refractivity contribution is 0.414. The van der Waals surface area contributed by atoms with E-state index < -0.39 is 10.0 Å². The van der Waals surface area contributed by atoms with Crippen molar-refractivity contribution in [1.29, 1.82) is 0 Å². The molecule has 0 atom stereocenters. The van der Waals surface area contributed by atoms with Crippen LogP contribution in [0.4, 0.5) is 0 Å². The predicted molar refractivity (Wildman–Crippen MR) is 88.7 cm³/mol. The molecule has 0 spiro atoms. The van der Waals surface area contributed by atoms with E-state index in [2.05, 4.69) is 9.82 Å². The summed E-state index contributed by atoms with van der Waals surface area (Å²) in [5, 5.41) is 4.30. The first-order chi connectivity index (χ1) is 11.5. The van der Waals surface area contributed by atoms with E-state index in [0.29, 0.717) is 11.7 Å². The van der Waals surface area contributed by atoms with Crippen molar-refractivity contribution in [1.82, 2.24) is 14.5 Å². The Bertz CT molecular complexity index is 871. The van der Waals surface area contributed by atoms with Gasteiger partial charge in [0.05, 0.1) is 24.2 Å². The van der Waals surface area contributed by atoms with E-state index in [1.807, 2.05) is 0 Å². The maximum absolute atomic E-state index is 12.2. The Morgan fingerprint density at radius 2 is 1.92 bits per heavy atom. The molecular weight excluding hydrogens is 330 g/mol. The van der Waals surface area contributed by atoms with Crippen LogP contribution in [0.1, 0.15) is 24.5 Å². The third-order valence-electron chi connectivity index (χ3n) is 3.87. The third kappa shape index (κ3) is 3.82. The molecule has 1 N–H and O–H groups in total. The smallest absolute Gasteiger partial charge is 0.266 e. The van der Waals surface area contributed by atoms with Gasteiger partial charge in [-0.1, -0.05) is 0 Å². The summed E-state index contributed by atoms with van der Waals surface area (Å²) in [6.07, 6.45) is 2.19. The molecule has 0 radical (unpaired) electrons. The van der Waals surface area contributed by atoms with Crippen molar-refractivity contribution in [2.75, 3.05) is 13.7 Å². The molecule has 1 aromatic carbocycles. The Labute approximate surface area is 140 Å². The van der Waals surface area contributed by atoms with E-state index in [-0.39, 0.29) is 23.5 Å². The quantitative estimate of drug-likeness (QED) is 0.809. The summed E-state index contributed by atoms with van der Waals surface area (Å²) in [4.78, 5) is 12.0. The van der Waals surface area contributed by atoms with Crippen molar-refractivity contribution < 1.29 is 13.2 Å². The van der Waals surface area contributed by atoms with E-state index in [1.54, 1.807) is 18.2 Å². The third-order valence-corrected chi connectivity index (χ3v) is 5.35. The number of hydrogen-bond donors (Lipinski definition) is 1. The van der Waals surface area contributed by atoms with Gasteiger partial charge in [0.25, 0.3) is 5.56 Å². The van der Waals surface area contributed by atoms with Gasteiger partial charge >= 0.3 is 0 Å². The number of methoxy groups -OCH3 is 1. The molecule has 24 heavy (non-hydrogen) atoms. The molecular formula is C16H19N3O4S. The van der Waals surface area contributed by atoms with Crippen LogP contribution in [0.15, 0.2) is 46.1 Å². The Morgan fingerprint density at radius 3 is 2.54 bits per heavy atom. The molecule has 8 heteroatoms. The van der Waals surface area contributed by atoms with E-state index in [1.165, 1.54) is 30.0 Å². The van der Waals surface area contributed by atoms with Crippen molar-refractivity contribution in [3.8, 4) is 5.75 Å². The first-order valence-corrected chi connectivity index (χ1v) is 9.20. The van der Waals surface area contributed by atoms with Gasteiger partial charge in [-0.2, -0.15) is 5.10 Å². The topological polar surface area (TPSA) is 90.3 Å². The highest BCUT2D eigenvalue weighted by Gasteiger charge is 2.25. The lowest BCUT2D eigenvalue weighted by Gasteiger charge is -2.09. The van der Waals surface area contributed by atoms with Gasteiger partial charge < -0.3 is 4.74 Å². The number of hydrogen-bond acceptors (Lipinski definition) is 5. The molecule has 1 saturated carbocycles. The van der Waals surface area contributed by atoms with Crippen LogP contribution in [0.25, 0.3) is 0 Å². The largest absolute Gasteiger partial charge is 0.497 e. The lowest BCUT2D eigenvalue weighted by Crippen LogP contribution is -2.32. The highest BCUT2D eigenvalue weighted by molar-refractivity contribution is 7.89. The number of benzene rings is 1. The van der Waals surface area contributed by atoms with Crippen LogP contribution in [0.5, 0.6) is 5.75 Å². The van der Waals surface area contributed by atoms with Crippen LogP contribution in [0, 0.1) is 0 Å². The van der Waals surface area contributed by atoms with Crippen molar-refractivity contribution in [2.24, 2.45) is 0 Å². The summed E-state index contributed by atoms with van der Waals surface area (Å²) in [5.41, 5.74) is 0.663. The summed E-state index contributed by atoms with van der Waals surface area (Å²) in [6.45, 7) is 0.282. The first-order valence-electron chi connectivity index (χ1n) is 7.71. The minimum Gasteiger partial charge on any atom is -0.497 e. The molecule has 0 amide bonds. The summed E-state index contributed by atoms with van der Waals surface area (Å²) in [7, 11) is -2.11. The van der Waals surface area contributed by atoms with Crippen LogP contribution >= 0.6 is 0 Å². The molecule has 0 bridgehead atoms. The van der Waals surface area contributed by atoms with Gasteiger partial charge in [0, 0.05) is 18.5 Å². The zero-order valence-electron chi connectivity index (χ0n) is 13.3. The highest BCUT2D eigenvalue weighted by atomic mass is 32.2. The average Bonchev–Trinajstić information content (AvgIpc) is 3.41. The number of nitrogens with one attached hydrogen (secondary N) is 1. The molecule has 0 unspecified atom stereocenters. The Balaban J connectivity index is 1.64. The number of rotatable bonds is 7. The van der Waals surface area contributed by atoms with Crippen LogP contribution in [0.2, 0.25) is 0 Å². The fourth-order valence-electron chi connectivity index (χ4n) is 2.35. The van der Waals surface area contributed by atoms with Crippen molar-refractivity contribution >= 4 is 10.0 Å². The van der Waals surface area contributed by atoms with E-state index in [9.17, 15) is 13.2 Å². The van der Waals surface area contributed by atoms with Gasteiger partial charge in [0.1, 0.15) is 5.75 Å². The molecule has 2 aromatic rings. The zero-order valence-corrected chi connectivity index (χ0v) is 14.1. The SMILES string of the molecule is COc1ccc(S(=O)(=O)NCCn2nc(C3CC3)ccc2=O)cc1. The molecule has 1 heterocycles. The maximum atomic E-state index is 12.2. The molecule has 128 valence electrons. The van der Waals surface area contributed by atoms with Crippen LogP contribution in [-0.2, 0) is 16.6 Å². The monoisotopic (exact) mass is 349 g/mol. The highest BCUT2D eigenvalue weighted by Crippen LogP contribution is 2.38. The second kappa shape index (κ2) is 6.74. The molecule has 0 aliphatic heterocycles. The summed E-state index contributed by atoms with van der Waals surface area (Å²) >= 11 is 0. The number of ether oxygens (including phenoxy) is 1. The summed E-state index contributed by atoms with van der Waals surface area (Å²) < 4.78 is 33.3. The second-order valence-electron chi connectivity index (χ2n) is 5.67. The van der Waals surface area contributed by atoms with Crippen LogP contribution < -0.4 is 15.0 Å². The summed E-state index contributed by atoms with van der Waals surface area (Å²) in [6, 6.07) is 9.34. The minimum atomic E-state index is -3.63. The Hall–Kier alpha value is -2.19. The van der Waals surface area contributed by atoms with E-state index in [0.717, 1.165) is 18.5 Å². The lowest BCUT2D eigenvalue weighted by atomic mass is 10.3. The first kappa shape index (κ1) is 16.7. The molecule has 0 saturated heterocycles.